The highest BCUT2D eigenvalue weighted by molar-refractivity contribution is 5.84. The Morgan fingerprint density at radius 1 is 1.21 bits per heavy atom. The minimum absolute atomic E-state index is 0.134. The summed E-state index contributed by atoms with van der Waals surface area (Å²) >= 11 is 0. The first-order chi connectivity index (χ1) is 9.20. The molecule has 0 atom stereocenters. The number of aromatic nitrogens is 2. The second kappa shape index (κ2) is 5.81. The van der Waals surface area contributed by atoms with Crippen LogP contribution >= 0.6 is 0 Å². The lowest BCUT2D eigenvalue weighted by Crippen LogP contribution is -2.01. The number of carbonyl (C=O) groups is 1. The maximum Gasteiger partial charge on any atom is 0.356 e. The zero-order valence-corrected chi connectivity index (χ0v) is 10.2. The minimum atomic E-state index is -1.13. The van der Waals surface area contributed by atoms with Gasteiger partial charge in [-0.2, -0.15) is 0 Å². The topological polar surface area (TPSA) is 81.5 Å². The van der Waals surface area contributed by atoms with Crippen LogP contribution in [-0.4, -0.2) is 27.7 Å². The van der Waals surface area contributed by atoms with Gasteiger partial charge in [0.15, 0.2) is 17.2 Å². The lowest BCUT2D eigenvalue weighted by Gasteiger charge is -2.10. The lowest BCUT2D eigenvalue weighted by molar-refractivity contribution is 0.0690. The Labute approximate surface area is 109 Å². The molecule has 1 heterocycles. The first-order valence-corrected chi connectivity index (χ1v) is 5.65. The summed E-state index contributed by atoms with van der Waals surface area (Å²) in [6.07, 6.45) is 2.40. The van der Waals surface area contributed by atoms with Gasteiger partial charge in [-0.05, 0) is 19.1 Å². The second-order valence-electron chi connectivity index (χ2n) is 3.53. The number of carboxylic acids is 1. The second-order valence-corrected chi connectivity index (χ2v) is 3.53. The van der Waals surface area contributed by atoms with E-state index in [4.69, 9.17) is 14.6 Å². The fourth-order valence-electron chi connectivity index (χ4n) is 1.40. The molecule has 0 unspecified atom stereocenters. The van der Waals surface area contributed by atoms with Crippen LogP contribution in [0.25, 0.3) is 0 Å². The van der Waals surface area contributed by atoms with Gasteiger partial charge in [-0.25, -0.2) is 14.8 Å². The molecule has 0 amide bonds. The Kier molecular flexibility index (Phi) is 3.92. The Morgan fingerprint density at radius 3 is 2.53 bits per heavy atom. The molecule has 0 saturated heterocycles. The number of benzene rings is 1. The zero-order valence-electron chi connectivity index (χ0n) is 10.2. The van der Waals surface area contributed by atoms with Crippen molar-refractivity contribution in [3.63, 3.8) is 0 Å². The molecule has 0 aliphatic carbocycles. The SMILES string of the molecule is CCOc1ccccc1Oc1cnc(C(=O)O)cn1. The highest BCUT2D eigenvalue weighted by atomic mass is 16.5. The highest BCUT2D eigenvalue weighted by Crippen LogP contribution is 2.29. The van der Waals surface area contributed by atoms with E-state index < -0.39 is 5.97 Å². The quantitative estimate of drug-likeness (QED) is 0.888. The van der Waals surface area contributed by atoms with Gasteiger partial charge in [0.25, 0.3) is 0 Å². The molecule has 98 valence electrons. The molecule has 0 bridgehead atoms. The molecule has 0 saturated carbocycles. The summed E-state index contributed by atoms with van der Waals surface area (Å²) < 4.78 is 10.9. The molecule has 1 aromatic carbocycles. The van der Waals surface area contributed by atoms with E-state index in [1.165, 1.54) is 6.20 Å². The molecule has 2 aromatic rings. The smallest absolute Gasteiger partial charge is 0.356 e. The largest absolute Gasteiger partial charge is 0.490 e. The van der Waals surface area contributed by atoms with Crippen LogP contribution in [0.5, 0.6) is 17.4 Å². The molecule has 0 fully saturated rings. The Balaban J connectivity index is 2.19. The minimum Gasteiger partial charge on any atom is -0.490 e. The number of nitrogens with zero attached hydrogens (tertiary/aromatic N) is 2. The van der Waals surface area contributed by atoms with Crippen LogP contribution in [0.3, 0.4) is 0 Å². The van der Waals surface area contributed by atoms with E-state index in [1.807, 2.05) is 13.0 Å². The number of hydrogen-bond acceptors (Lipinski definition) is 5. The van der Waals surface area contributed by atoms with Crippen LogP contribution in [0, 0.1) is 0 Å². The highest BCUT2D eigenvalue weighted by Gasteiger charge is 2.08. The van der Waals surface area contributed by atoms with Crippen LogP contribution in [0.4, 0.5) is 0 Å². The van der Waals surface area contributed by atoms with E-state index in [1.54, 1.807) is 18.2 Å². The number of aromatic carboxylic acids is 1. The van der Waals surface area contributed by atoms with Crippen molar-refractivity contribution in [1.29, 1.82) is 0 Å². The van der Waals surface area contributed by atoms with Gasteiger partial charge in [0.2, 0.25) is 5.88 Å². The van der Waals surface area contributed by atoms with Crippen molar-refractivity contribution in [2.45, 2.75) is 6.92 Å². The molecule has 0 aliphatic rings. The number of ether oxygens (including phenoxy) is 2. The molecule has 1 N–H and O–H groups in total. The number of hydrogen-bond donors (Lipinski definition) is 1. The maximum atomic E-state index is 10.6. The van der Waals surface area contributed by atoms with E-state index in [9.17, 15) is 4.79 Å². The fourth-order valence-corrected chi connectivity index (χ4v) is 1.40. The first-order valence-electron chi connectivity index (χ1n) is 5.65. The van der Waals surface area contributed by atoms with Gasteiger partial charge in [0, 0.05) is 0 Å². The molecule has 2 rings (SSSR count). The molecule has 0 spiro atoms. The van der Waals surface area contributed by atoms with Crippen molar-refractivity contribution in [3.05, 3.63) is 42.4 Å². The summed E-state index contributed by atoms with van der Waals surface area (Å²) in [6.45, 7) is 2.39. The standard InChI is InChI=1S/C13H12N2O4/c1-2-18-10-5-3-4-6-11(10)19-12-8-14-9(7-15-12)13(16)17/h3-8H,2H2,1H3,(H,16,17). The number of para-hydroxylation sites is 2. The van der Waals surface area contributed by atoms with Crippen molar-refractivity contribution in [2.24, 2.45) is 0 Å². The van der Waals surface area contributed by atoms with Gasteiger partial charge < -0.3 is 14.6 Å². The van der Waals surface area contributed by atoms with Gasteiger partial charge in [0.05, 0.1) is 19.0 Å². The molecule has 6 heteroatoms. The molecule has 19 heavy (non-hydrogen) atoms. The third-order valence-corrected chi connectivity index (χ3v) is 2.21. The molecule has 1 aromatic heterocycles. The molecule has 0 radical (unpaired) electrons. The monoisotopic (exact) mass is 260 g/mol. The van der Waals surface area contributed by atoms with Crippen molar-refractivity contribution in [2.75, 3.05) is 6.61 Å². The zero-order chi connectivity index (χ0) is 13.7. The molecule has 6 nitrogen and oxygen atoms in total. The van der Waals surface area contributed by atoms with E-state index in [0.717, 1.165) is 6.20 Å². The van der Waals surface area contributed by atoms with Crippen molar-refractivity contribution in [3.8, 4) is 17.4 Å². The molecule has 0 aliphatic heterocycles. The number of rotatable bonds is 5. The van der Waals surface area contributed by atoms with Crippen LogP contribution in [-0.2, 0) is 0 Å². The summed E-state index contributed by atoms with van der Waals surface area (Å²) in [4.78, 5) is 18.2. The lowest BCUT2D eigenvalue weighted by atomic mass is 10.3. The fraction of sp³-hybridized carbons (Fsp3) is 0.154. The predicted molar refractivity (Wildman–Crippen MR) is 66.7 cm³/mol. The van der Waals surface area contributed by atoms with Gasteiger partial charge in [-0.3, -0.25) is 0 Å². The van der Waals surface area contributed by atoms with Crippen LogP contribution in [0.1, 0.15) is 17.4 Å². The van der Waals surface area contributed by atoms with E-state index in [0.29, 0.717) is 18.1 Å². The van der Waals surface area contributed by atoms with Crippen molar-refractivity contribution >= 4 is 5.97 Å². The van der Waals surface area contributed by atoms with Gasteiger partial charge in [-0.1, -0.05) is 12.1 Å². The molecular formula is C13H12N2O4. The third kappa shape index (κ3) is 3.19. The summed E-state index contributed by atoms with van der Waals surface area (Å²) in [5.74, 6) is 0.168. The molecular weight excluding hydrogens is 248 g/mol. The van der Waals surface area contributed by atoms with Crippen LogP contribution in [0.2, 0.25) is 0 Å². The van der Waals surface area contributed by atoms with Gasteiger partial charge in [-0.15, -0.1) is 0 Å². The first kappa shape index (κ1) is 12.8. The Hall–Kier alpha value is -2.63. The normalized spacial score (nSPS) is 9.95. The van der Waals surface area contributed by atoms with Crippen molar-refractivity contribution < 1.29 is 19.4 Å². The summed E-state index contributed by atoms with van der Waals surface area (Å²) in [5.41, 5.74) is -0.134. The summed E-state index contributed by atoms with van der Waals surface area (Å²) in [6, 6.07) is 7.14. The Bertz CT molecular complexity index is 569. The average molecular weight is 260 g/mol. The van der Waals surface area contributed by atoms with E-state index in [2.05, 4.69) is 9.97 Å². The van der Waals surface area contributed by atoms with E-state index >= 15 is 0 Å². The van der Waals surface area contributed by atoms with Crippen molar-refractivity contribution in [1.82, 2.24) is 9.97 Å². The number of carboxylic acid groups (broad SMARTS) is 1. The van der Waals surface area contributed by atoms with Gasteiger partial charge in [0.1, 0.15) is 0 Å². The summed E-state index contributed by atoms with van der Waals surface area (Å²) in [7, 11) is 0. The maximum absolute atomic E-state index is 10.6. The van der Waals surface area contributed by atoms with Crippen LogP contribution in [0.15, 0.2) is 36.7 Å². The Morgan fingerprint density at radius 2 is 1.95 bits per heavy atom. The third-order valence-electron chi connectivity index (χ3n) is 2.21. The average Bonchev–Trinajstić information content (AvgIpc) is 2.42. The van der Waals surface area contributed by atoms with Crippen LogP contribution < -0.4 is 9.47 Å². The van der Waals surface area contributed by atoms with E-state index in [-0.39, 0.29) is 11.6 Å². The predicted octanol–water partition coefficient (Wildman–Crippen LogP) is 2.37. The summed E-state index contributed by atoms with van der Waals surface area (Å²) in [5, 5.41) is 8.72. The van der Waals surface area contributed by atoms with Gasteiger partial charge >= 0.3 is 5.97 Å².